The number of carbonyl (C=O) groups is 1. The molecule has 0 radical (unpaired) electrons. The smallest absolute Gasteiger partial charge is 0.292 e. The number of benzene rings is 1. The van der Waals surface area contributed by atoms with Crippen molar-refractivity contribution in [2.75, 3.05) is 16.8 Å². The van der Waals surface area contributed by atoms with Crippen LogP contribution >= 0.6 is 11.8 Å². The molecule has 0 bridgehead atoms. The molecule has 29 heavy (non-hydrogen) atoms. The average molecular weight is 431 g/mol. The summed E-state index contributed by atoms with van der Waals surface area (Å²) < 4.78 is 31.1. The summed E-state index contributed by atoms with van der Waals surface area (Å²) in [6.07, 6.45) is 0.462. The number of sulfone groups is 1. The lowest BCUT2D eigenvalue weighted by Crippen LogP contribution is -2.21. The number of para-hydroxylation sites is 1. The number of hydrogen-bond donors (Lipinski definition) is 1. The molecule has 3 aromatic rings. The minimum absolute atomic E-state index is 0.00856. The summed E-state index contributed by atoms with van der Waals surface area (Å²) in [5.74, 6) is 1.36. The van der Waals surface area contributed by atoms with Crippen molar-refractivity contribution in [2.45, 2.75) is 24.0 Å². The fraction of sp³-hybridized carbons (Fsp3) is 0.316. The maximum Gasteiger partial charge on any atom is 0.292 e. The first-order chi connectivity index (χ1) is 13.9. The Morgan fingerprint density at radius 2 is 2.10 bits per heavy atom. The third-order valence-corrected chi connectivity index (χ3v) is 7.94. The van der Waals surface area contributed by atoms with E-state index in [2.05, 4.69) is 10.4 Å². The molecule has 8 nitrogen and oxygen atoms in total. The van der Waals surface area contributed by atoms with E-state index in [4.69, 9.17) is 4.42 Å². The van der Waals surface area contributed by atoms with Crippen LogP contribution in [0.5, 0.6) is 0 Å². The van der Waals surface area contributed by atoms with E-state index in [0.717, 1.165) is 17.0 Å². The highest BCUT2D eigenvalue weighted by Crippen LogP contribution is 2.38. The molecule has 1 amide bonds. The van der Waals surface area contributed by atoms with E-state index in [9.17, 15) is 18.0 Å². The molecule has 1 N–H and O–H groups in total. The summed E-state index contributed by atoms with van der Waals surface area (Å²) in [6.45, 7) is 0. The van der Waals surface area contributed by atoms with Crippen molar-refractivity contribution in [3.05, 3.63) is 57.6 Å². The lowest BCUT2D eigenvalue weighted by Gasteiger charge is -2.15. The van der Waals surface area contributed by atoms with Gasteiger partial charge in [0.05, 0.1) is 28.6 Å². The third kappa shape index (κ3) is 3.25. The van der Waals surface area contributed by atoms with Gasteiger partial charge in [-0.25, -0.2) is 13.1 Å². The van der Waals surface area contributed by atoms with Gasteiger partial charge in [-0.15, -0.1) is 0 Å². The molecule has 1 unspecified atom stereocenters. The Hall–Kier alpha value is -2.59. The van der Waals surface area contributed by atoms with Gasteiger partial charge in [0.2, 0.25) is 0 Å². The lowest BCUT2D eigenvalue weighted by atomic mass is 10.2. The maximum absolute atomic E-state index is 12.9. The summed E-state index contributed by atoms with van der Waals surface area (Å²) in [6, 6.07) is 7.60. The van der Waals surface area contributed by atoms with Gasteiger partial charge < -0.3 is 9.73 Å². The molecular formula is C19H17N3O5S2. The van der Waals surface area contributed by atoms with Crippen LogP contribution in [-0.4, -0.2) is 35.6 Å². The van der Waals surface area contributed by atoms with Gasteiger partial charge in [-0.1, -0.05) is 12.1 Å². The molecule has 1 fully saturated rings. The van der Waals surface area contributed by atoms with Crippen molar-refractivity contribution in [2.24, 2.45) is 0 Å². The van der Waals surface area contributed by atoms with Crippen molar-refractivity contribution in [3.63, 3.8) is 0 Å². The topological polar surface area (TPSA) is 111 Å². The second-order valence-corrected chi connectivity index (χ2v) is 10.4. The van der Waals surface area contributed by atoms with Gasteiger partial charge in [-0.05, 0) is 18.6 Å². The van der Waals surface area contributed by atoms with Crippen LogP contribution in [0.15, 0.2) is 39.5 Å². The molecule has 150 valence electrons. The maximum atomic E-state index is 12.9. The number of amides is 1. The predicted molar refractivity (Wildman–Crippen MR) is 110 cm³/mol. The Morgan fingerprint density at radius 3 is 2.90 bits per heavy atom. The highest BCUT2D eigenvalue weighted by Gasteiger charge is 2.34. The first-order valence-corrected chi connectivity index (χ1v) is 12.1. The van der Waals surface area contributed by atoms with Crippen LogP contribution in [-0.2, 0) is 21.3 Å². The highest BCUT2D eigenvalue weighted by atomic mass is 32.2. The van der Waals surface area contributed by atoms with Gasteiger partial charge in [-0.2, -0.15) is 16.9 Å². The first kappa shape index (κ1) is 18.4. The van der Waals surface area contributed by atoms with Crippen molar-refractivity contribution in [1.82, 2.24) is 9.78 Å². The molecule has 0 aliphatic carbocycles. The van der Waals surface area contributed by atoms with Gasteiger partial charge in [0.1, 0.15) is 11.4 Å². The Balaban J connectivity index is 1.52. The zero-order valence-electron chi connectivity index (χ0n) is 15.3. The van der Waals surface area contributed by atoms with E-state index in [1.807, 2.05) is 0 Å². The minimum Gasteiger partial charge on any atom is -0.451 e. The Kier molecular flexibility index (Phi) is 4.28. The number of fused-ring (bicyclic) bond motifs is 2. The summed E-state index contributed by atoms with van der Waals surface area (Å²) in [7, 11) is -3.10. The van der Waals surface area contributed by atoms with Gasteiger partial charge in [0.15, 0.2) is 21.0 Å². The van der Waals surface area contributed by atoms with Crippen molar-refractivity contribution in [3.8, 4) is 0 Å². The zero-order chi connectivity index (χ0) is 20.2. The number of carbonyl (C=O) groups excluding carboxylic acids is 1. The van der Waals surface area contributed by atoms with Gasteiger partial charge >= 0.3 is 0 Å². The summed E-state index contributed by atoms with van der Waals surface area (Å²) in [5, 5.41) is 7.81. The molecule has 4 heterocycles. The minimum atomic E-state index is -3.10. The van der Waals surface area contributed by atoms with Crippen LogP contribution in [0.2, 0.25) is 0 Å². The van der Waals surface area contributed by atoms with E-state index in [1.54, 1.807) is 40.7 Å². The second kappa shape index (κ2) is 6.74. The van der Waals surface area contributed by atoms with Crippen molar-refractivity contribution < 1.29 is 17.6 Å². The molecule has 2 aromatic heterocycles. The van der Waals surface area contributed by atoms with Gasteiger partial charge in [0, 0.05) is 23.1 Å². The zero-order valence-corrected chi connectivity index (χ0v) is 16.9. The first-order valence-electron chi connectivity index (χ1n) is 9.14. The van der Waals surface area contributed by atoms with Crippen LogP contribution in [0.4, 0.5) is 5.82 Å². The average Bonchev–Trinajstić information content (AvgIpc) is 3.37. The number of hydrogen-bond acceptors (Lipinski definition) is 7. The fourth-order valence-corrected chi connectivity index (χ4v) is 6.51. The molecule has 2 aliphatic heterocycles. The third-order valence-electron chi connectivity index (χ3n) is 5.22. The SMILES string of the molecule is O=C(Nc1c2c(nn1C1CCS(=O)(=O)C1)CSC2)c1cc(=O)c2ccccc2o1. The molecule has 1 saturated heterocycles. The van der Waals surface area contributed by atoms with Crippen LogP contribution < -0.4 is 10.7 Å². The second-order valence-electron chi connectivity index (χ2n) is 7.19. The van der Waals surface area contributed by atoms with E-state index in [1.165, 1.54) is 6.07 Å². The van der Waals surface area contributed by atoms with Crippen molar-refractivity contribution in [1.29, 1.82) is 0 Å². The Bertz CT molecular complexity index is 1310. The predicted octanol–water partition coefficient (Wildman–Crippen LogP) is 2.35. The number of aromatic nitrogens is 2. The molecular weight excluding hydrogens is 414 g/mol. The summed E-state index contributed by atoms with van der Waals surface area (Å²) in [4.78, 5) is 25.2. The number of anilines is 1. The van der Waals surface area contributed by atoms with Crippen LogP contribution in [0, 0.1) is 0 Å². The summed E-state index contributed by atoms with van der Waals surface area (Å²) in [5.41, 5.74) is 1.79. The lowest BCUT2D eigenvalue weighted by molar-refractivity contribution is 0.0996. The normalized spacial score (nSPS) is 20.1. The highest BCUT2D eigenvalue weighted by molar-refractivity contribution is 7.98. The molecule has 1 atom stereocenters. The van der Waals surface area contributed by atoms with Crippen LogP contribution in [0.1, 0.15) is 34.3 Å². The summed E-state index contributed by atoms with van der Waals surface area (Å²) >= 11 is 1.68. The Morgan fingerprint density at radius 1 is 1.28 bits per heavy atom. The standard InChI is InChI=1S/C19H17N3O5S2/c23-15-7-17(27-16-4-2-1-3-12(15)16)19(24)20-18-13-8-28-9-14(13)21-22(18)11-5-6-29(25,26)10-11/h1-4,7,11H,5-6,8-10H2,(H,20,24). The van der Waals surface area contributed by atoms with Gasteiger partial charge in [-0.3, -0.25) is 9.59 Å². The number of rotatable bonds is 3. The van der Waals surface area contributed by atoms with E-state index >= 15 is 0 Å². The van der Waals surface area contributed by atoms with Gasteiger partial charge in [0.25, 0.3) is 5.91 Å². The fourth-order valence-electron chi connectivity index (χ4n) is 3.78. The quantitative estimate of drug-likeness (QED) is 0.677. The molecule has 0 spiro atoms. The molecule has 5 rings (SSSR count). The number of nitrogens with one attached hydrogen (secondary N) is 1. The van der Waals surface area contributed by atoms with E-state index in [-0.39, 0.29) is 28.7 Å². The largest absolute Gasteiger partial charge is 0.451 e. The van der Waals surface area contributed by atoms with E-state index in [0.29, 0.717) is 29.0 Å². The molecule has 1 aromatic carbocycles. The number of nitrogens with zero attached hydrogens (tertiary/aromatic N) is 2. The monoisotopic (exact) mass is 431 g/mol. The van der Waals surface area contributed by atoms with E-state index < -0.39 is 15.7 Å². The molecule has 2 aliphatic rings. The van der Waals surface area contributed by atoms with Crippen LogP contribution in [0.25, 0.3) is 11.0 Å². The van der Waals surface area contributed by atoms with Crippen molar-refractivity contribution >= 4 is 44.3 Å². The van der Waals surface area contributed by atoms with Crippen LogP contribution in [0.3, 0.4) is 0 Å². The molecule has 10 heteroatoms. The number of thioether (sulfide) groups is 1. The molecule has 0 saturated carbocycles. The Labute approximate surface area is 170 Å².